The molecule has 0 amide bonds. The first-order chi connectivity index (χ1) is 9.46. The number of halogens is 1. The Kier molecular flexibility index (Phi) is 4.39. The van der Waals surface area contributed by atoms with Gasteiger partial charge in [0, 0.05) is 6.54 Å². The van der Waals surface area contributed by atoms with Crippen LogP contribution in [0.2, 0.25) is 0 Å². The van der Waals surface area contributed by atoms with Crippen LogP contribution in [-0.4, -0.2) is 38.4 Å². The van der Waals surface area contributed by atoms with Gasteiger partial charge in [0.1, 0.15) is 11.9 Å². The Morgan fingerprint density at radius 1 is 1.30 bits per heavy atom. The molecule has 1 heterocycles. The third-order valence-electron chi connectivity index (χ3n) is 3.35. The third kappa shape index (κ3) is 2.83. The summed E-state index contributed by atoms with van der Waals surface area (Å²) in [4.78, 5) is 11.7. The molecule has 0 aliphatic carbocycles. The summed E-state index contributed by atoms with van der Waals surface area (Å²) < 4.78 is 43.8. The Balaban J connectivity index is 2.35. The zero-order chi connectivity index (χ0) is 14.8. The van der Waals surface area contributed by atoms with Gasteiger partial charge in [0.05, 0.1) is 12.0 Å². The fourth-order valence-electron chi connectivity index (χ4n) is 2.31. The SMILES string of the molecule is COC(=O)[C@@H]1CCCCN1S(=O)(=O)c1ccc(F)cc1. The van der Waals surface area contributed by atoms with E-state index in [9.17, 15) is 17.6 Å². The number of hydrogen-bond donors (Lipinski definition) is 0. The zero-order valence-corrected chi connectivity index (χ0v) is 11.9. The van der Waals surface area contributed by atoms with Gasteiger partial charge < -0.3 is 4.74 Å². The van der Waals surface area contributed by atoms with Crippen LogP contribution < -0.4 is 0 Å². The predicted octanol–water partition coefficient (Wildman–Crippen LogP) is 1.54. The van der Waals surface area contributed by atoms with E-state index in [2.05, 4.69) is 4.74 Å². The van der Waals surface area contributed by atoms with Crippen LogP contribution in [-0.2, 0) is 19.6 Å². The van der Waals surface area contributed by atoms with Gasteiger partial charge in [-0.2, -0.15) is 4.31 Å². The van der Waals surface area contributed by atoms with E-state index in [1.165, 1.54) is 19.2 Å². The average Bonchev–Trinajstić information content (AvgIpc) is 2.47. The molecular weight excluding hydrogens is 285 g/mol. The number of carbonyl (C=O) groups is 1. The first-order valence-electron chi connectivity index (χ1n) is 6.32. The van der Waals surface area contributed by atoms with Crippen LogP contribution in [0.4, 0.5) is 4.39 Å². The molecule has 7 heteroatoms. The van der Waals surface area contributed by atoms with Gasteiger partial charge in [0.25, 0.3) is 0 Å². The van der Waals surface area contributed by atoms with Gasteiger partial charge in [-0.25, -0.2) is 12.8 Å². The quantitative estimate of drug-likeness (QED) is 0.795. The van der Waals surface area contributed by atoms with Gasteiger partial charge in [-0.1, -0.05) is 0 Å². The average molecular weight is 301 g/mol. The summed E-state index contributed by atoms with van der Waals surface area (Å²) in [5.41, 5.74) is 0. The summed E-state index contributed by atoms with van der Waals surface area (Å²) in [6.07, 6.45) is 1.90. The minimum Gasteiger partial charge on any atom is -0.468 e. The van der Waals surface area contributed by atoms with E-state index in [0.29, 0.717) is 12.8 Å². The Morgan fingerprint density at radius 2 is 1.95 bits per heavy atom. The fraction of sp³-hybridized carbons (Fsp3) is 0.462. The number of ether oxygens (including phenoxy) is 1. The van der Waals surface area contributed by atoms with Crippen LogP contribution in [0.5, 0.6) is 0 Å². The van der Waals surface area contributed by atoms with E-state index >= 15 is 0 Å². The Labute approximate surface area is 117 Å². The van der Waals surface area contributed by atoms with Crippen molar-refractivity contribution in [3.8, 4) is 0 Å². The zero-order valence-electron chi connectivity index (χ0n) is 11.1. The standard InChI is InChI=1S/C13H16FNO4S/c1-19-13(16)12-4-2-3-9-15(12)20(17,18)11-7-5-10(14)6-8-11/h5-8,12H,2-4,9H2,1H3/t12-/m0/s1. The summed E-state index contributed by atoms with van der Waals surface area (Å²) in [6, 6.07) is 3.78. The molecular formula is C13H16FNO4S. The van der Waals surface area contributed by atoms with Gasteiger partial charge in [0.15, 0.2) is 0 Å². The molecule has 0 bridgehead atoms. The van der Waals surface area contributed by atoms with Crippen LogP contribution in [0.15, 0.2) is 29.2 Å². The molecule has 20 heavy (non-hydrogen) atoms. The van der Waals surface area contributed by atoms with E-state index in [4.69, 9.17) is 0 Å². The number of methoxy groups -OCH3 is 1. The molecule has 1 fully saturated rings. The smallest absolute Gasteiger partial charge is 0.324 e. The maximum absolute atomic E-state index is 12.9. The molecule has 0 unspecified atom stereocenters. The molecule has 110 valence electrons. The van der Waals surface area contributed by atoms with Crippen molar-refractivity contribution in [2.75, 3.05) is 13.7 Å². The fourth-order valence-corrected chi connectivity index (χ4v) is 3.95. The normalized spacial score (nSPS) is 20.6. The lowest BCUT2D eigenvalue weighted by atomic mass is 10.1. The minimum absolute atomic E-state index is 0.0188. The first-order valence-corrected chi connectivity index (χ1v) is 7.76. The van der Waals surface area contributed by atoms with Gasteiger partial charge in [-0.15, -0.1) is 0 Å². The molecule has 1 saturated heterocycles. The molecule has 0 radical (unpaired) electrons. The van der Waals surface area contributed by atoms with Crippen LogP contribution in [0.25, 0.3) is 0 Å². The van der Waals surface area contributed by atoms with Crippen molar-refractivity contribution < 1.29 is 22.3 Å². The second-order valence-electron chi connectivity index (χ2n) is 4.60. The Hall–Kier alpha value is -1.47. The summed E-state index contributed by atoms with van der Waals surface area (Å²) in [7, 11) is -2.58. The van der Waals surface area contributed by atoms with Crippen molar-refractivity contribution in [2.24, 2.45) is 0 Å². The maximum atomic E-state index is 12.9. The van der Waals surface area contributed by atoms with Crippen molar-refractivity contribution in [3.63, 3.8) is 0 Å². The Bertz CT molecular complexity index is 585. The van der Waals surface area contributed by atoms with E-state index < -0.39 is 27.9 Å². The lowest BCUT2D eigenvalue weighted by Crippen LogP contribution is -2.48. The number of carbonyl (C=O) groups excluding carboxylic acids is 1. The van der Waals surface area contributed by atoms with E-state index in [-0.39, 0.29) is 11.4 Å². The molecule has 0 N–H and O–H groups in total. The predicted molar refractivity (Wildman–Crippen MR) is 69.9 cm³/mol. The lowest BCUT2D eigenvalue weighted by Gasteiger charge is -2.32. The topological polar surface area (TPSA) is 63.7 Å². The molecule has 0 spiro atoms. The van der Waals surface area contributed by atoms with E-state index in [0.717, 1.165) is 22.9 Å². The molecule has 5 nitrogen and oxygen atoms in total. The summed E-state index contributed by atoms with van der Waals surface area (Å²) in [6.45, 7) is 0.263. The number of benzene rings is 1. The number of piperidine rings is 1. The molecule has 2 rings (SSSR count). The molecule has 0 aromatic heterocycles. The van der Waals surface area contributed by atoms with Crippen molar-refractivity contribution in [2.45, 2.75) is 30.2 Å². The Morgan fingerprint density at radius 3 is 2.55 bits per heavy atom. The molecule has 1 aliphatic heterocycles. The van der Waals surface area contributed by atoms with Crippen molar-refractivity contribution in [3.05, 3.63) is 30.1 Å². The monoisotopic (exact) mass is 301 g/mol. The van der Waals surface area contributed by atoms with Gasteiger partial charge in [-0.05, 0) is 43.5 Å². The summed E-state index contributed by atoms with van der Waals surface area (Å²) >= 11 is 0. The maximum Gasteiger partial charge on any atom is 0.324 e. The first kappa shape index (κ1) is 14.9. The lowest BCUT2D eigenvalue weighted by molar-refractivity contribution is -0.146. The third-order valence-corrected chi connectivity index (χ3v) is 5.27. The van der Waals surface area contributed by atoms with Crippen LogP contribution in [0.3, 0.4) is 0 Å². The van der Waals surface area contributed by atoms with Crippen LogP contribution in [0.1, 0.15) is 19.3 Å². The van der Waals surface area contributed by atoms with Crippen LogP contribution >= 0.6 is 0 Å². The number of hydrogen-bond acceptors (Lipinski definition) is 4. The van der Waals surface area contributed by atoms with Crippen molar-refractivity contribution in [1.29, 1.82) is 0 Å². The summed E-state index contributed by atoms with van der Waals surface area (Å²) in [5.74, 6) is -1.07. The summed E-state index contributed by atoms with van der Waals surface area (Å²) in [5, 5.41) is 0. The van der Waals surface area contributed by atoms with Crippen molar-refractivity contribution >= 4 is 16.0 Å². The van der Waals surface area contributed by atoms with Gasteiger partial charge in [-0.3, -0.25) is 4.79 Å². The minimum atomic E-state index is -3.82. The highest BCUT2D eigenvalue weighted by atomic mass is 32.2. The number of nitrogens with zero attached hydrogens (tertiary/aromatic N) is 1. The van der Waals surface area contributed by atoms with E-state index in [1.807, 2.05) is 0 Å². The molecule has 1 aromatic rings. The largest absolute Gasteiger partial charge is 0.468 e. The molecule has 1 aromatic carbocycles. The van der Waals surface area contributed by atoms with Crippen LogP contribution in [0, 0.1) is 5.82 Å². The number of rotatable bonds is 3. The molecule has 1 aliphatic rings. The highest BCUT2D eigenvalue weighted by Crippen LogP contribution is 2.26. The number of sulfonamides is 1. The molecule has 0 saturated carbocycles. The highest BCUT2D eigenvalue weighted by molar-refractivity contribution is 7.89. The highest BCUT2D eigenvalue weighted by Gasteiger charge is 2.38. The van der Waals surface area contributed by atoms with Gasteiger partial charge >= 0.3 is 5.97 Å². The molecule has 1 atom stereocenters. The number of esters is 1. The van der Waals surface area contributed by atoms with Gasteiger partial charge in [0.2, 0.25) is 10.0 Å². The second-order valence-corrected chi connectivity index (χ2v) is 6.49. The second kappa shape index (κ2) is 5.88. The van der Waals surface area contributed by atoms with Crippen molar-refractivity contribution in [1.82, 2.24) is 4.31 Å². The van der Waals surface area contributed by atoms with E-state index in [1.54, 1.807) is 0 Å².